The van der Waals surface area contributed by atoms with Crippen molar-refractivity contribution in [2.24, 2.45) is 0 Å². The molecule has 0 radical (unpaired) electrons. The van der Waals surface area contributed by atoms with Crippen LogP contribution in [0.25, 0.3) is 0 Å². The molecule has 2 aromatic rings. The molecule has 1 unspecified atom stereocenters. The molecule has 4 rings (SSSR count). The van der Waals surface area contributed by atoms with Crippen molar-refractivity contribution in [3.05, 3.63) is 82.8 Å². The molecule has 1 saturated carbocycles. The van der Waals surface area contributed by atoms with Crippen LogP contribution in [-0.4, -0.2) is 13.3 Å². The second kappa shape index (κ2) is 10.3. The molecular weight excluding hydrogens is 454 g/mol. The Kier molecular flexibility index (Phi) is 8.84. The fourth-order valence-electron chi connectivity index (χ4n) is 4.96. The average molecular weight is 485 g/mol. The van der Waals surface area contributed by atoms with Crippen molar-refractivity contribution in [2.45, 2.75) is 44.2 Å². The molecule has 1 fully saturated rings. The fourth-order valence-corrected chi connectivity index (χ4v) is 30.0. The van der Waals surface area contributed by atoms with Crippen LogP contribution in [0.5, 0.6) is 0 Å². The topological polar surface area (TPSA) is 0 Å². The minimum atomic E-state index is -3.27. The van der Waals surface area contributed by atoms with Gasteiger partial charge in [-0.2, -0.15) is 0 Å². The second-order valence-electron chi connectivity index (χ2n) is 7.99. The van der Waals surface area contributed by atoms with E-state index in [-0.39, 0.29) is 24.8 Å². The Morgan fingerprint density at radius 1 is 0.786 bits per heavy atom. The molecular formula is C23H31Cl2PSiTi. The number of benzene rings is 2. The Balaban J connectivity index is 0.00000140. The van der Waals surface area contributed by atoms with Crippen LogP contribution >= 0.6 is 31.4 Å². The number of allylic oxidation sites excluding steroid dienone is 4. The fraction of sp³-hybridized carbons (Fsp3) is 0.304. The Bertz CT molecular complexity index is 844. The van der Waals surface area contributed by atoms with Crippen molar-refractivity contribution in [3.63, 3.8) is 0 Å². The van der Waals surface area contributed by atoms with Gasteiger partial charge in [0.15, 0.2) is 0 Å². The molecule has 150 valence electrons. The molecule has 2 aliphatic carbocycles. The Morgan fingerprint density at radius 2 is 1.32 bits per heavy atom. The zero-order valence-electron chi connectivity index (χ0n) is 16.3. The normalized spacial score (nSPS) is 17.8. The van der Waals surface area contributed by atoms with Crippen molar-refractivity contribution < 1.29 is 13.5 Å². The minimum absolute atomic E-state index is 0. The quantitative estimate of drug-likeness (QED) is 0.388. The van der Waals surface area contributed by atoms with Crippen LogP contribution in [0.2, 0.25) is 0 Å². The summed E-state index contributed by atoms with van der Waals surface area (Å²) in [7, 11) is 2.44. The summed E-state index contributed by atoms with van der Waals surface area (Å²) >= 11 is -3.27. The van der Waals surface area contributed by atoms with Gasteiger partial charge in [0, 0.05) is 0 Å². The van der Waals surface area contributed by atoms with Gasteiger partial charge in [-0.1, -0.05) is 0 Å². The average Bonchev–Trinajstić information content (AvgIpc) is 3.26. The first kappa shape index (κ1) is 24.1. The van der Waals surface area contributed by atoms with Gasteiger partial charge in [0.25, 0.3) is 0 Å². The standard InChI is InChI=1S/C6H12P.2C6H5.C5H5.2ClH.H2Si.Ti/c7-6-4-2-1-3-5-6;2*1-2-4-6-5-3-1;1-2-4-5-3-1;;;;/h6-7H,1-5H2;2*1-5H;1-3H,4H2;2*1H;1H2;/q-1;;;;;;;+1. The molecule has 0 heterocycles. The van der Waals surface area contributed by atoms with Gasteiger partial charge < -0.3 is 0 Å². The molecule has 0 bridgehead atoms. The molecule has 2 aromatic carbocycles. The van der Waals surface area contributed by atoms with Gasteiger partial charge in [-0.05, 0) is 0 Å². The van der Waals surface area contributed by atoms with Gasteiger partial charge in [0.2, 0.25) is 0 Å². The first-order valence-corrected chi connectivity index (χ1v) is 19.8. The van der Waals surface area contributed by atoms with Crippen LogP contribution in [0, 0.1) is 0 Å². The van der Waals surface area contributed by atoms with Gasteiger partial charge in [-0.15, -0.1) is 24.8 Å². The molecule has 0 spiro atoms. The number of hydrogen-bond donors (Lipinski definition) is 0. The van der Waals surface area contributed by atoms with E-state index in [1.54, 1.807) is 11.6 Å². The molecule has 0 N–H and O–H groups in total. The summed E-state index contributed by atoms with van der Waals surface area (Å²) in [4.78, 5) is 0. The van der Waals surface area contributed by atoms with E-state index in [2.05, 4.69) is 86.5 Å². The summed E-state index contributed by atoms with van der Waals surface area (Å²) in [6, 6.07) is 23.2. The van der Waals surface area contributed by atoms with E-state index in [4.69, 9.17) is 0 Å². The number of halogens is 2. The van der Waals surface area contributed by atoms with Crippen molar-refractivity contribution in [1.29, 1.82) is 0 Å². The SMILES string of the molecule is Cl.Cl.[SiH2]=[Ti]([PH]C1CCCCC1)([C]1=CC=CC1)([c]1ccccc1)[c]1ccccc1. The first-order chi connectivity index (χ1) is 12.7. The number of rotatable bonds is 5. The van der Waals surface area contributed by atoms with Crippen LogP contribution in [0.1, 0.15) is 38.5 Å². The van der Waals surface area contributed by atoms with E-state index in [0.29, 0.717) is 0 Å². The van der Waals surface area contributed by atoms with Crippen LogP contribution in [0.4, 0.5) is 0 Å². The predicted molar refractivity (Wildman–Crippen MR) is 132 cm³/mol. The van der Waals surface area contributed by atoms with E-state index in [1.807, 2.05) is 0 Å². The van der Waals surface area contributed by atoms with Gasteiger partial charge in [0.1, 0.15) is 0 Å². The maximum atomic E-state index is 2.49. The van der Waals surface area contributed by atoms with E-state index in [9.17, 15) is 0 Å². The molecule has 2 aliphatic rings. The summed E-state index contributed by atoms with van der Waals surface area (Å²) in [6.45, 7) is 1.08. The van der Waals surface area contributed by atoms with E-state index in [1.165, 1.54) is 32.1 Å². The Labute approximate surface area is 186 Å². The van der Waals surface area contributed by atoms with Gasteiger partial charge in [-0.3, -0.25) is 0 Å². The first-order valence-electron chi connectivity index (χ1n) is 10.00. The van der Waals surface area contributed by atoms with Crippen LogP contribution < -0.4 is 7.74 Å². The second-order valence-corrected chi connectivity index (χ2v) is 31.1. The van der Waals surface area contributed by atoms with Crippen molar-refractivity contribution in [1.82, 2.24) is 0 Å². The molecule has 0 amide bonds. The third kappa shape index (κ3) is 4.32. The molecule has 0 saturated heterocycles. The molecule has 5 heteroatoms. The van der Waals surface area contributed by atoms with Crippen molar-refractivity contribution in [3.8, 4) is 0 Å². The van der Waals surface area contributed by atoms with Crippen LogP contribution in [0.15, 0.2) is 82.8 Å². The van der Waals surface area contributed by atoms with Crippen molar-refractivity contribution in [2.75, 3.05) is 0 Å². The third-order valence-corrected chi connectivity index (χ3v) is 32.2. The van der Waals surface area contributed by atoms with E-state index < -0.39 is 13.5 Å². The van der Waals surface area contributed by atoms with E-state index in [0.717, 1.165) is 18.7 Å². The zero-order valence-corrected chi connectivity index (χ0v) is 22.0. The summed E-state index contributed by atoms with van der Waals surface area (Å²) < 4.78 is 5.09. The molecule has 0 aromatic heterocycles. The molecule has 0 aliphatic heterocycles. The van der Waals surface area contributed by atoms with Gasteiger partial charge in [0.05, 0.1) is 0 Å². The maximum absolute atomic E-state index is 3.27. The molecule has 0 nitrogen and oxygen atoms in total. The van der Waals surface area contributed by atoms with E-state index >= 15 is 0 Å². The Morgan fingerprint density at radius 3 is 1.79 bits per heavy atom. The van der Waals surface area contributed by atoms with Crippen molar-refractivity contribution >= 4 is 46.8 Å². The summed E-state index contributed by atoms with van der Waals surface area (Å²) in [5, 5.41) is 0. The summed E-state index contributed by atoms with van der Waals surface area (Å²) in [6.07, 6.45) is 15.5. The predicted octanol–water partition coefficient (Wildman–Crippen LogP) is 5.49. The Hall–Kier alpha value is -0.139. The molecule has 1 atom stereocenters. The third-order valence-electron chi connectivity index (χ3n) is 6.43. The summed E-state index contributed by atoms with van der Waals surface area (Å²) in [5.41, 5.74) is 0.917. The zero-order chi connectivity index (χ0) is 17.9. The van der Waals surface area contributed by atoms with Crippen LogP contribution in [0.3, 0.4) is 0 Å². The molecule has 28 heavy (non-hydrogen) atoms. The summed E-state index contributed by atoms with van der Waals surface area (Å²) in [5.74, 6) is 0. The number of hydrogen-bond acceptors (Lipinski definition) is 0. The monoisotopic (exact) mass is 484 g/mol. The van der Waals surface area contributed by atoms with Crippen LogP contribution in [-0.2, 0) is 13.5 Å². The van der Waals surface area contributed by atoms with Gasteiger partial charge >= 0.3 is 162 Å². The van der Waals surface area contributed by atoms with Gasteiger partial charge in [-0.25, -0.2) is 0 Å².